The highest BCUT2D eigenvalue weighted by molar-refractivity contribution is 7.92. The molecule has 0 atom stereocenters. The minimum atomic E-state index is -3.62. The molecule has 0 unspecified atom stereocenters. The summed E-state index contributed by atoms with van der Waals surface area (Å²) in [4.78, 5) is 12.3. The largest absolute Gasteiger partial charge is 0.324 e. The Morgan fingerprint density at radius 2 is 1.73 bits per heavy atom. The maximum Gasteiger partial charge on any atom is 0.245 e. The third kappa shape index (κ3) is 5.47. The van der Waals surface area contributed by atoms with E-state index in [1.165, 1.54) is 0 Å². The van der Waals surface area contributed by atoms with Gasteiger partial charge in [0.1, 0.15) is 6.54 Å². The number of sulfonamides is 1. The fourth-order valence-corrected chi connectivity index (χ4v) is 3.47. The van der Waals surface area contributed by atoms with Crippen LogP contribution in [0.25, 0.3) is 0 Å². The minimum absolute atomic E-state index is 0.0433. The van der Waals surface area contributed by atoms with E-state index < -0.39 is 15.9 Å². The van der Waals surface area contributed by atoms with Crippen molar-refractivity contribution in [2.24, 2.45) is 0 Å². The smallest absolute Gasteiger partial charge is 0.245 e. The molecule has 5 nitrogen and oxygen atoms in total. The fourth-order valence-electron chi connectivity index (χ4n) is 2.42. The Kier molecular flexibility index (Phi) is 5.98. The minimum Gasteiger partial charge on any atom is -0.324 e. The lowest BCUT2D eigenvalue weighted by Gasteiger charge is -2.24. The molecule has 0 fully saturated rings. The first-order valence-corrected chi connectivity index (χ1v) is 10.3. The van der Waals surface area contributed by atoms with Crippen molar-refractivity contribution in [1.82, 2.24) is 0 Å². The predicted octanol–water partition coefficient (Wildman–Crippen LogP) is 4.04. The number of carbonyl (C=O) groups excluding carboxylic acids is 1. The van der Waals surface area contributed by atoms with Crippen molar-refractivity contribution in [3.05, 3.63) is 59.1 Å². The monoisotopic (exact) mass is 394 g/mol. The molecule has 1 N–H and O–H groups in total. The van der Waals surface area contributed by atoms with Gasteiger partial charge in [0.25, 0.3) is 0 Å². The third-order valence-corrected chi connectivity index (χ3v) is 5.19. The molecule has 0 bridgehead atoms. The van der Waals surface area contributed by atoms with Gasteiger partial charge in [-0.25, -0.2) is 8.42 Å². The molecule has 0 heterocycles. The van der Waals surface area contributed by atoms with Gasteiger partial charge in [0.05, 0.1) is 11.9 Å². The summed E-state index contributed by atoms with van der Waals surface area (Å²) in [6.07, 6.45) is 1.08. The molecular weight excluding hydrogens is 372 g/mol. The van der Waals surface area contributed by atoms with Gasteiger partial charge in [-0.1, -0.05) is 50.6 Å². The number of hydrogen-bond acceptors (Lipinski definition) is 3. The lowest BCUT2D eigenvalue weighted by Crippen LogP contribution is -2.37. The van der Waals surface area contributed by atoms with Gasteiger partial charge in [-0.15, -0.1) is 0 Å². The standard InChI is InChI=1S/C19H23ClN2O3S/c1-19(2,3)14-8-10-17(11-9-14)22(26(4,24)25)13-18(23)21-16-7-5-6-15(20)12-16/h5-12H,13H2,1-4H3,(H,21,23). The predicted molar refractivity (Wildman–Crippen MR) is 107 cm³/mol. The second-order valence-electron chi connectivity index (χ2n) is 7.13. The fraction of sp³-hybridized carbons (Fsp3) is 0.316. The van der Waals surface area contributed by atoms with Crippen LogP contribution in [0, 0.1) is 0 Å². The second kappa shape index (κ2) is 7.68. The molecule has 0 spiro atoms. The van der Waals surface area contributed by atoms with Gasteiger partial charge in [0, 0.05) is 10.7 Å². The molecule has 7 heteroatoms. The number of anilines is 2. The van der Waals surface area contributed by atoms with Crippen LogP contribution >= 0.6 is 11.6 Å². The summed E-state index contributed by atoms with van der Waals surface area (Å²) in [5, 5.41) is 3.15. The van der Waals surface area contributed by atoms with Crippen molar-refractivity contribution in [3.63, 3.8) is 0 Å². The van der Waals surface area contributed by atoms with Crippen molar-refractivity contribution >= 4 is 38.9 Å². The number of nitrogens with zero attached hydrogens (tertiary/aromatic N) is 1. The van der Waals surface area contributed by atoms with Crippen molar-refractivity contribution in [2.45, 2.75) is 26.2 Å². The first-order valence-electron chi connectivity index (χ1n) is 8.10. The molecule has 0 radical (unpaired) electrons. The van der Waals surface area contributed by atoms with Crippen molar-refractivity contribution in [3.8, 4) is 0 Å². The summed E-state index contributed by atoms with van der Waals surface area (Å²) < 4.78 is 25.4. The Labute approximate surface area is 160 Å². The third-order valence-electron chi connectivity index (χ3n) is 3.82. The van der Waals surface area contributed by atoms with Gasteiger partial charge >= 0.3 is 0 Å². The normalized spacial score (nSPS) is 11.9. The number of amides is 1. The highest BCUT2D eigenvalue weighted by atomic mass is 35.5. The van der Waals surface area contributed by atoms with E-state index in [-0.39, 0.29) is 12.0 Å². The van der Waals surface area contributed by atoms with Crippen LogP contribution in [0.5, 0.6) is 0 Å². The Morgan fingerprint density at radius 3 is 2.23 bits per heavy atom. The van der Waals surface area contributed by atoms with Gasteiger partial charge in [0.15, 0.2) is 0 Å². The zero-order valence-corrected chi connectivity index (χ0v) is 16.9. The number of carbonyl (C=O) groups is 1. The maximum absolute atomic E-state index is 12.3. The summed E-state index contributed by atoms with van der Waals surface area (Å²) in [5.41, 5.74) is 2.00. The number of halogens is 1. The molecule has 0 aliphatic heterocycles. The van der Waals surface area contributed by atoms with Crippen molar-refractivity contribution in [1.29, 1.82) is 0 Å². The summed E-state index contributed by atoms with van der Waals surface area (Å²) in [6, 6.07) is 13.9. The SMILES string of the molecule is CC(C)(C)c1ccc(N(CC(=O)Nc2cccc(Cl)c2)S(C)(=O)=O)cc1. The molecule has 0 aliphatic carbocycles. The lowest BCUT2D eigenvalue weighted by atomic mass is 9.87. The molecule has 2 rings (SSSR count). The summed E-state index contributed by atoms with van der Waals surface area (Å²) >= 11 is 5.90. The Morgan fingerprint density at radius 1 is 1.12 bits per heavy atom. The van der Waals surface area contributed by atoms with E-state index in [9.17, 15) is 13.2 Å². The maximum atomic E-state index is 12.3. The molecule has 1 amide bonds. The van der Waals surface area contributed by atoms with Gasteiger partial charge in [-0.3, -0.25) is 9.10 Å². The first kappa shape index (κ1) is 20.3. The number of benzene rings is 2. The Balaban J connectivity index is 2.21. The molecular formula is C19H23ClN2O3S. The quantitative estimate of drug-likeness (QED) is 0.832. The van der Waals surface area contributed by atoms with Gasteiger partial charge in [-0.05, 0) is 41.3 Å². The first-order chi connectivity index (χ1) is 12.0. The van der Waals surface area contributed by atoms with Crippen LogP contribution in [-0.4, -0.2) is 27.1 Å². The Bertz CT molecular complexity index is 888. The highest BCUT2D eigenvalue weighted by Gasteiger charge is 2.22. The molecule has 2 aromatic carbocycles. The van der Waals surface area contributed by atoms with Crippen LogP contribution < -0.4 is 9.62 Å². The van der Waals surface area contributed by atoms with E-state index in [1.807, 2.05) is 12.1 Å². The number of hydrogen-bond donors (Lipinski definition) is 1. The average molecular weight is 395 g/mol. The lowest BCUT2D eigenvalue weighted by molar-refractivity contribution is -0.114. The number of nitrogens with one attached hydrogen (secondary N) is 1. The van der Waals surface area contributed by atoms with E-state index in [4.69, 9.17) is 11.6 Å². The van der Waals surface area contributed by atoms with E-state index in [0.717, 1.165) is 16.1 Å². The highest BCUT2D eigenvalue weighted by Crippen LogP contribution is 2.26. The van der Waals surface area contributed by atoms with Crippen molar-refractivity contribution < 1.29 is 13.2 Å². The topological polar surface area (TPSA) is 66.5 Å². The molecule has 0 saturated carbocycles. The summed E-state index contributed by atoms with van der Waals surface area (Å²) in [6.45, 7) is 5.92. The van der Waals surface area contributed by atoms with Crippen LogP contribution in [0.4, 0.5) is 11.4 Å². The van der Waals surface area contributed by atoms with Crippen molar-refractivity contribution in [2.75, 3.05) is 22.4 Å². The van der Waals surface area contributed by atoms with E-state index in [1.54, 1.807) is 36.4 Å². The van der Waals surface area contributed by atoms with Crippen LogP contribution in [0.2, 0.25) is 5.02 Å². The van der Waals surface area contributed by atoms with E-state index in [2.05, 4.69) is 26.1 Å². The summed E-state index contributed by atoms with van der Waals surface area (Å²) in [5.74, 6) is -0.447. The van der Waals surface area contributed by atoms with Crippen LogP contribution in [0.1, 0.15) is 26.3 Å². The molecule has 0 saturated heterocycles. The van der Waals surface area contributed by atoms with Crippen LogP contribution in [-0.2, 0) is 20.2 Å². The molecule has 26 heavy (non-hydrogen) atoms. The van der Waals surface area contributed by atoms with Crippen LogP contribution in [0.15, 0.2) is 48.5 Å². The number of rotatable bonds is 5. The van der Waals surface area contributed by atoms with Gasteiger partial charge < -0.3 is 5.32 Å². The average Bonchev–Trinajstić information content (AvgIpc) is 2.51. The van der Waals surface area contributed by atoms with E-state index in [0.29, 0.717) is 16.4 Å². The Hall–Kier alpha value is -2.05. The van der Waals surface area contributed by atoms with Crippen LogP contribution in [0.3, 0.4) is 0 Å². The van der Waals surface area contributed by atoms with E-state index >= 15 is 0 Å². The zero-order valence-electron chi connectivity index (χ0n) is 15.3. The van der Waals surface area contributed by atoms with Gasteiger partial charge in [0.2, 0.25) is 15.9 Å². The molecule has 0 aliphatic rings. The second-order valence-corrected chi connectivity index (χ2v) is 9.47. The molecule has 140 valence electrons. The zero-order chi connectivity index (χ0) is 19.5. The molecule has 2 aromatic rings. The summed E-state index contributed by atoms with van der Waals surface area (Å²) in [7, 11) is -3.62. The molecule has 0 aromatic heterocycles. The van der Waals surface area contributed by atoms with Gasteiger partial charge in [-0.2, -0.15) is 0 Å².